The quantitative estimate of drug-likeness (QED) is 0.860. The second kappa shape index (κ2) is 6.87. The van der Waals surface area contributed by atoms with Gasteiger partial charge in [0.25, 0.3) is 0 Å². The zero-order chi connectivity index (χ0) is 16.3. The zero-order valence-corrected chi connectivity index (χ0v) is 13.1. The first kappa shape index (κ1) is 16.4. The van der Waals surface area contributed by atoms with Gasteiger partial charge in [-0.15, -0.1) is 0 Å². The van der Waals surface area contributed by atoms with Gasteiger partial charge >= 0.3 is 0 Å². The van der Waals surface area contributed by atoms with E-state index in [9.17, 15) is 14.3 Å². The molecule has 22 heavy (non-hydrogen) atoms. The van der Waals surface area contributed by atoms with E-state index in [4.69, 9.17) is 0 Å². The lowest BCUT2D eigenvalue weighted by Crippen LogP contribution is -2.41. The van der Waals surface area contributed by atoms with Crippen molar-refractivity contribution in [3.05, 3.63) is 29.8 Å². The minimum absolute atomic E-state index is 0.0233. The molecule has 1 unspecified atom stereocenters. The van der Waals surface area contributed by atoms with E-state index in [0.717, 1.165) is 0 Å². The molecular formula is C16H22FN3O2. The van der Waals surface area contributed by atoms with Crippen LogP contribution in [0.3, 0.4) is 0 Å². The molecule has 0 aliphatic heterocycles. The van der Waals surface area contributed by atoms with E-state index in [-0.39, 0.29) is 24.2 Å². The van der Waals surface area contributed by atoms with Crippen molar-refractivity contribution >= 4 is 16.9 Å². The number of nitrogens with one attached hydrogen (secondary N) is 1. The van der Waals surface area contributed by atoms with E-state index in [1.165, 1.54) is 6.07 Å². The third-order valence-electron chi connectivity index (χ3n) is 3.49. The normalized spacial score (nSPS) is 12.8. The molecule has 0 spiro atoms. The van der Waals surface area contributed by atoms with Crippen LogP contribution in [0.1, 0.15) is 33.0 Å². The van der Waals surface area contributed by atoms with Crippen LogP contribution in [0.2, 0.25) is 0 Å². The van der Waals surface area contributed by atoms with Crippen LogP contribution in [-0.4, -0.2) is 44.6 Å². The summed E-state index contributed by atoms with van der Waals surface area (Å²) in [6, 6.07) is 4.76. The number of aromatic amines is 1. The van der Waals surface area contributed by atoms with Crippen molar-refractivity contribution in [1.29, 1.82) is 0 Å². The number of aliphatic hydroxyl groups is 1. The minimum Gasteiger partial charge on any atom is -0.392 e. The van der Waals surface area contributed by atoms with Gasteiger partial charge in [-0.2, -0.15) is 0 Å². The Balaban J connectivity index is 2.03. The summed E-state index contributed by atoms with van der Waals surface area (Å²) in [4.78, 5) is 21.1. The molecule has 1 aromatic carbocycles. The van der Waals surface area contributed by atoms with Crippen LogP contribution in [0.4, 0.5) is 4.39 Å². The number of carbonyl (C=O) groups excluding carboxylic acids is 1. The van der Waals surface area contributed by atoms with Crippen molar-refractivity contribution in [1.82, 2.24) is 14.9 Å². The molecule has 2 aromatic rings. The maximum atomic E-state index is 13.6. The summed E-state index contributed by atoms with van der Waals surface area (Å²) in [6.07, 6.45) is 0.120. The Morgan fingerprint density at radius 2 is 2.14 bits per heavy atom. The fraction of sp³-hybridized carbons (Fsp3) is 0.500. The maximum Gasteiger partial charge on any atom is 0.223 e. The number of halogens is 1. The number of para-hydroxylation sites is 1. The maximum absolute atomic E-state index is 13.6. The standard InChI is InChI=1S/C16H22FN3O2/c1-10(2)20(9-11(3)21)15(22)8-7-14-18-13-6-4-5-12(17)16(13)19-14/h4-6,10-11,21H,7-9H2,1-3H3,(H,18,19). The van der Waals surface area contributed by atoms with Gasteiger partial charge in [-0.3, -0.25) is 4.79 Å². The first-order valence-corrected chi connectivity index (χ1v) is 7.49. The smallest absolute Gasteiger partial charge is 0.223 e. The summed E-state index contributed by atoms with van der Waals surface area (Å²) < 4.78 is 13.6. The van der Waals surface area contributed by atoms with Gasteiger partial charge in [0.15, 0.2) is 5.82 Å². The largest absolute Gasteiger partial charge is 0.392 e. The van der Waals surface area contributed by atoms with Gasteiger partial charge in [-0.05, 0) is 32.9 Å². The van der Waals surface area contributed by atoms with Crippen LogP contribution >= 0.6 is 0 Å². The average Bonchev–Trinajstić information content (AvgIpc) is 2.86. The molecule has 0 aliphatic carbocycles. The lowest BCUT2D eigenvalue weighted by Gasteiger charge is -2.28. The molecule has 1 atom stereocenters. The molecule has 5 nitrogen and oxygen atoms in total. The van der Waals surface area contributed by atoms with Gasteiger partial charge in [0.1, 0.15) is 11.3 Å². The number of fused-ring (bicyclic) bond motifs is 1. The number of hydrogen-bond acceptors (Lipinski definition) is 3. The van der Waals surface area contributed by atoms with E-state index in [1.54, 1.807) is 24.0 Å². The number of hydrogen-bond donors (Lipinski definition) is 2. The number of aryl methyl sites for hydroxylation is 1. The van der Waals surface area contributed by atoms with E-state index in [1.807, 2.05) is 13.8 Å². The fourth-order valence-corrected chi connectivity index (χ4v) is 2.42. The molecule has 0 saturated carbocycles. The lowest BCUT2D eigenvalue weighted by atomic mass is 10.2. The molecule has 0 aliphatic rings. The van der Waals surface area contributed by atoms with Gasteiger partial charge < -0.3 is 15.0 Å². The highest BCUT2D eigenvalue weighted by atomic mass is 19.1. The molecule has 0 radical (unpaired) electrons. The number of aliphatic hydroxyl groups excluding tert-OH is 1. The van der Waals surface area contributed by atoms with Crippen LogP contribution in [-0.2, 0) is 11.2 Å². The van der Waals surface area contributed by atoms with Gasteiger partial charge in [0.05, 0.1) is 11.6 Å². The number of carbonyl (C=O) groups is 1. The summed E-state index contributed by atoms with van der Waals surface area (Å²) in [7, 11) is 0. The first-order chi connectivity index (χ1) is 10.4. The third kappa shape index (κ3) is 3.82. The Morgan fingerprint density at radius 3 is 2.73 bits per heavy atom. The Morgan fingerprint density at radius 1 is 1.41 bits per heavy atom. The van der Waals surface area contributed by atoms with Crippen LogP contribution in [0.25, 0.3) is 11.0 Å². The molecule has 1 aromatic heterocycles. The second-order valence-corrected chi connectivity index (χ2v) is 5.81. The fourth-order valence-electron chi connectivity index (χ4n) is 2.42. The Kier molecular flexibility index (Phi) is 5.13. The van der Waals surface area contributed by atoms with Crippen molar-refractivity contribution in [3.8, 4) is 0 Å². The van der Waals surface area contributed by atoms with Crippen molar-refractivity contribution in [3.63, 3.8) is 0 Å². The topological polar surface area (TPSA) is 69.2 Å². The molecule has 1 amide bonds. The van der Waals surface area contributed by atoms with Crippen LogP contribution in [0.5, 0.6) is 0 Å². The lowest BCUT2D eigenvalue weighted by molar-refractivity contribution is -0.134. The SMILES string of the molecule is CC(O)CN(C(=O)CCc1nc2c(F)cccc2[nH]1)C(C)C. The molecule has 0 bridgehead atoms. The third-order valence-corrected chi connectivity index (χ3v) is 3.49. The van der Waals surface area contributed by atoms with Crippen molar-refractivity contribution < 1.29 is 14.3 Å². The summed E-state index contributed by atoms with van der Waals surface area (Å²) in [5, 5.41) is 9.48. The molecule has 1 heterocycles. The number of aromatic nitrogens is 2. The number of benzene rings is 1. The van der Waals surface area contributed by atoms with Crippen molar-refractivity contribution in [2.75, 3.05) is 6.54 Å². The van der Waals surface area contributed by atoms with E-state index >= 15 is 0 Å². The Labute approximate surface area is 129 Å². The number of imidazole rings is 1. The van der Waals surface area contributed by atoms with E-state index in [2.05, 4.69) is 9.97 Å². The van der Waals surface area contributed by atoms with Crippen molar-refractivity contribution in [2.24, 2.45) is 0 Å². The van der Waals surface area contributed by atoms with Crippen LogP contribution < -0.4 is 0 Å². The molecule has 0 fully saturated rings. The van der Waals surface area contributed by atoms with Gasteiger partial charge in [-0.25, -0.2) is 9.37 Å². The molecule has 0 saturated heterocycles. The Bertz CT molecular complexity index is 652. The number of nitrogens with zero attached hydrogens (tertiary/aromatic N) is 2. The summed E-state index contributed by atoms with van der Waals surface area (Å²) in [5.74, 6) is 0.176. The van der Waals surface area contributed by atoms with Gasteiger partial charge in [0, 0.05) is 25.4 Å². The van der Waals surface area contributed by atoms with E-state index < -0.39 is 6.10 Å². The second-order valence-electron chi connectivity index (χ2n) is 5.81. The summed E-state index contributed by atoms with van der Waals surface area (Å²) in [6.45, 7) is 5.80. The first-order valence-electron chi connectivity index (χ1n) is 7.49. The van der Waals surface area contributed by atoms with Crippen LogP contribution in [0, 0.1) is 5.82 Å². The van der Waals surface area contributed by atoms with E-state index in [0.29, 0.717) is 29.8 Å². The molecular weight excluding hydrogens is 285 g/mol. The zero-order valence-electron chi connectivity index (χ0n) is 13.1. The highest BCUT2D eigenvalue weighted by Crippen LogP contribution is 2.16. The van der Waals surface area contributed by atoms with Gasteiger partial charge in [-0.1, -0.05) is 6.07 Å². The summed E-state index contributed by atoms with van der Waals surface area (Å²) in [5.41, 5.74) is 0.932. The summed E-state index contributed by atoms with van der Waals surface area (Å²) >= 11 is 0. The minimum atomic E-state index is -0.563. The van der Waals surface area contributed by atoms with Gasteiger partial charge in [0.2, 0.25) is 5.91 Å². The van der Waals surface area contributed by atoms with Crippen LogP contribution in [0.15, 0.2) is 18.2 Å². The number of amides is 1. The number of H-pyrrole nitrogens is 1. The molecule has 120 valence electrons. The highest BCUT2D eigenvalue weighted by molar-refractivity contribution is 5.78. The molecule has 2 rings (SSSR count). The molecule has 6 heteroatoms. The highest BCUT2D eigenvalue weighted by Gasteiger charge is 2.19. The number of rotatable bonds is 6. The van der Waals surface area contributed by atoms with Crippen molar-refractivity contribution in [2.45, 2.75) is 45.8 Å². The predicted molar refractivity (Wildman–Crippen MR) is 82.9 cm³/mol. The Hall–Kier alpha value is -1.95. The average molecular weight is 307 g/mol. The molecule has 2 N–H and O–H groups in total. The monoisotopic (exact) mass is 307 g/mol. The predicted octanol–water partition coefficient (Wildman–Crippen LogP) is 2.25.